The van der Waals surface area contributed by atoms with Gasteiger partial charge >= 0.3 is 0 Å². The van der Waals surface area contributed by atoms with Gasteiger partial charge in [-0.15, -0.1) is 0 Å². The summed E-state index contributed by atoms with van der Waals surface area (Å²) in [6.07, 6.45) is 1.47. The Hall–Kier alpha value is -1.11. The van der Waals surface area contributed by atoms with Gasteiger partial charge in [0.25, 0.3) is 0 Å². The Labute approximate surface area is 114 Å². The van der Waals surface area contributed by atoms with Crippen LogP contribution < -0.4 is 5.73 Å². The molecule has 6 heteroatoms. The van der Waals surface area contributed by atoms with E-state index >= 15 is 0 Å². The van der Waals surface area contributed by atoms with Crippen LogP contribution in [0.2, 0.25) is 0 Å². The van der Waals surface area contributed by atoms with E-state index in [1.807, 2.05) is 13.0 Å². The predicted molar refractivity (Wildman–Crippen MR) is 74.3 cm³/mol. The summed E-state index contributed by atoms with van der Waals surface area (Å²) in [5.41, 5.74) is 7.71. The average molecular weight is 284 g/mol. The Morgan fingerprint density at radius 2 is 2.11 bits per heavy atom. The molecule has 1 atom stereocenters. The Morgan fingerprint density at radius 1 is 1.42 bits per heavy atom. The second kappa shape index (κ2) is 5.11. The number of sulfonamides is 1. The van der Waals surface area contributed by atoms with Gasteiger partial charge in [0, 0.05) is 12.6 Å². The molecule has 0 unspecified atom stereocenters. The van der Waals surface area contributed by atoms with Crippen LogP contribution in [-0.4, -0.2) is 37.0 Å². The number of aliphatic hydroxyl groups is 1. The molecule has 1 fully saturated rings. The van der Waals surface area contributed by atoms with Crippen LogP contribution in [0.4, 0.5) is 5.69 Å². The highest BCUT2D eigenvalue weighted by Gasteiger charge is 2.36. The monoisotopic (exact) mass is 284 g/mol. The van der Waals surface area contributed by atoms with E-state index < -0.39 is 10.0 Å². The second-order valence-electron chi connectivity index (χ2n) is 5.02. The van der Waals surface area contributed by atoms with Gasteiger partial charge < -0.3 is 10.8 Å². The average Bonchev–Trinajstić information content (AvgIpc) is 2.83. The topological polar surface area (TPSA) is 83.6 Å². The summed E-state index contributed by atoms with van der Waals surface area (Å²) in [6.45, 7) is 3.92. The minimum Gasteiger partial charge on any atom is -0.398 e. The van der Waals surface area contributed by atoms with Gasteiger partial charge in [0.15, 0.2) is 0 Å². The SMILES string of the molecule is Cc1ccc(N)c(S(=O)(=O)N2CCC[C@H]2CO)c1C. The number of rotatable bonds is 3. The molecule has 3 N–H and O–H groups in total. The van der Waals surface area contributed by atoms with Crippen LogP contribution in [0.15, 0.2) is 17.0 Å². The van der Waals surface area contributed by atoms with Crippen LogP contribution in [0, 0.1) is 13.8 Å². The van der Waals surface area contributed by atoms with Gasteiger partial charge in [0.2, 0.25) is 10.0 Å². The molecule has 1 aromatic rings. The van der Waals surface area contributed by atoms with E-state index in [-0.39, 0.29) is 23.2 Å². The number of anilines is 1. The number of aliphatic hydroxyl groups excluding tert-OH is 1. The van der Waals surface area contributed by atoms with Crippen LogP contribution in [0.1, 0.15) is 24.0 Å². The lowest BCUT2D eigenvalue weighted by molar-refractivity contribution is 0.213. The Morgan fingerprint density at radius 3 is 2.74 bits per heavy atom. The zero-order chi connectivity index (χ0) is 14.2. The normalized spacial score (nSPS) is 20.9. The first-order valence-electron chi connectivity index (χ1n) is 6.38. The number of hydrogen-bond donors (Lipinski definition) is 2. The molecule has 0 amide bonds. The first-order valence-corrected chi connectivity index (χ1v) is 7.82. The van der Waals surface area contributed by atoms with E-state index in [0.29, 0.717) is 18.5 Å². The number of nitrogens with zero attached hydrogens (tertiary/aromatic N) is 1. The van der Waals surface area contributed by atoms with Gasteiger partial charge in [0.05, 0.1) is 12.3 Å². The third-order valence-corrected chi connectivity index (χ3v) is 5.96. The van der Waals surface area contributed by atoms with Crippen LogP contribution in [0.3, 0.4) is 0 Å². The lowest BCUT2D eigenvalue weighted by atomic mass is 10.1. The standard InChI is InChI=1S/C13H20N2O3S/c1-9-5-6-12(14)13(10(9)2)19(17,18)15-7-3-4-11(15)8-16/h5-6,11,16H,3-4,7-8,14H2,1-2H3/t11-/m0/s1. The quantitative estimate of drug-likeness (QED) is 0.812. The fourth-order valence-corrected chi connectivity index (χ4v) is 4.66. The lowest BCUT2D eigenvalue weighted by Crippen LogP contribution is -2.38. The molecule has 2 rings (SSSR count). The first kappa shape index (κ1) is 14.3. The number of nitrogens with two attached hydrogens (primary N) is 1. The van der Waals surface area contributed by atoms with E-state index in [0.717, 1.165) is 12.0 Å². The van der Waals surface area contributed by atoms with Gasteiger partial charge in [-0.25, -0.2) is 8.42 Å². The zero-order valence-corrected chi connectivity index (χ0v) is 12.1. The predicted octanol–water partition coefficient (Wildman–Crippen LogP) is 1.03. The molecule has 0 bridgehead atoms. The summed E-state index contributed by atoms with van der Waals surface area (Å²) in [6, 6.07) is 3.11. The summed E-state index contributed by atoms with van der Waals surface area (Å²) in [5.74, 6) is 0. The Balaban J connectivity index is 2.54. The van der Waals surface area contributed by atoms with Crippen LogP contribution >= 0.6 is 0 Å². The van der Waals surface area contributed by atoms with Crippen molar-refractivity contribution in [1.29, 1.82) is 0 Å². The van der Waals surface area contributed by atoms with E-state index in [9.17, 15) is 13.5 Å². The fourth-order valence-electron chi connectivity index (χ4n) is 2.58. The van der Waals surface area contributed by atoms with Crippen molar-refractivity contribution in [2.24, 2.45) is 0 Å². The molecular formula is C13H20N2O3S. The molecule has 1 heterocycles. The fraction of sp³-hybridized carbons (Fsp3) is 0.538. The zero-order valence-electron chi connectivity index (χ0n) is 11.3. The van der Waals surface area contributed by atoms with E-state index in [4.69, 9.17) is 5.73 Å². The van der Waals surface area contributed by atoms with E-state index in [1.54, 1.807) is 13.0 Å². The molecule has 0 saturated carbocycles. The highest BCUT2D eigenvalue weighted by atomic mass is 32.2. The molecule has 1 saturated heterocycles. The molecule has 1 aromatic carbocycles. The van der Waals surface area contributed by atoms with Crippen LogP contribution in [-0.2, 0) is 10.0 Å². The maximum Gasteiger partial charge on any atom is 0.245 e. The molecule has 0 aromatic heterocycles. The van der Waals surface area contributed by atoms with Crippen LogP contribution in [0.25, 0.3) is 0 Å². The first-order chi connectivity index (χ1) is 8.89. The third kappa shape index (κ3) is 2.35. The summed E-state index contributed by atoms with van der Waals surface area (Å²) in [7, 11) is -3.64. The third-order valence-electron chi connectivity index (χ3n) is 3.81. The van der Waals surface area contributed by atoms with Crippen LogP contribution in [0.5, 0.6) is 0 Å². The number of aryl methyl sites for hydroxylation is 1. The van der Waals surface area contributed by atoms with Crippen molar-refractivity contribution < 1.29 is 13.5 Å². The van der Waals surface area contributed by atoms with Crippen molar-refractivity contribution >= 4 is 15.7 Å². The van der Waals surface area contributed by atoms with E-state index in [1.165, 1.54) is 4.31 Å². The summed E-state index contributed by atoms with van der Waals surface area (Å²) >= 11 is 0. The molecule has 19 heavy (non-hydrogen) atoms. The van der Waals surface area contributed by atoms with Crippen molar-refractivity contribution in [2.75, 3.05) is 18.9 Å². The molecule has 0 radical (unpaired) electrons. The minimum atomic E-state index is -3.64. The summed E-state index contributed by atoms with van der Waals surface area (Å²) in [5, 5.41) is 9.30. The van der Waals surface area contributed by atoms with Crippen molar-refractivity contribution in [1.82, 2.24) is 4.31 Å². The van der Waals surface area contributed by atoms with Crippen molar-refractivity contribution in [2.45, 2.75) is 37.6 Å². The van der Waals surface area contributed by atoms with Crippen molar-refractivity contribution in [3.8, 4) is 0 Å². The molecule has 1 aliphatic heterocycles. The minimum absolute atomic E-state index is 0.149. The smallest absolute Gasteiger partial charge is 0.245 e. The van der Waals surface area contributed by atoms with Gasteiger partial charge in [-0.1, -0.05) is 6.07 Å². The van der Waals surface area contributed by atoms with Gasteiger partial charge in [0.1, 0.15) is 4.90 Å². The maximum atomic E-state index is 12.7. The highest BCUT2D eigenvalue weighted by molar-refractivity contribution is 7.89. The number of hydrogen-bond acceptors (Lipinski definition) is 4. The second-order valence-corrected chi connectivity index (χ2v) is 6.85. The number of benzene rings is 1. The highest BCUT2D eigenvalue weighted by Crippen LogP contribution is 2.32. The Bertz CT molecular complexity index is 584. The molecular weight excluding hydrogens is 264 g/mol. The Kier molecular flexibility index (Phi) is 3.85. The maximum absolute atomic E-state index is 12.7. The lowest BCUT2D eigenvalue weighted by Gasteiger charge is -2.24. The molecule has 1 aliphatic rings. The van der Waals surface area contributed by atoms with E-state index in [2.05, 4.69) is 0 Å². The molecule has 0 spiro atoms. The molecule has 0 aliphatic carbocycles. The van der Waals surface area contributed by atoms with Gasteiger partial charge in [-0.2, -0.15) is 4.31 Å². The summed E-state index contributed by atoms with van der Waals surface area (Å²) < 4.78 is 26.8. The molecule has 106 valence electrons. The summed E-state index contributed by atoms with van der Waals surface area (Å²) in [4.78, 5) is 0.188. The van der Waals surface area contributed by atoms with Gasteiger partial charge in [-0.05, 0) is 43.9 Å². The van der Waals surface area contributed by atoms with Crippen molar-refractivity contribution in [3.05, 3.63) is 23.3 Å². The van der Waals surface area contributed by atoms with Gasteiger partial charge in [-0.3, -0.25) is 0 Å². The van der Waals surface area contributed by atoms with Crippen molar-refractivity contribution in [3.63, 3.8) is 0 Å². The number of nitrogen functional groups attached to an aromatic ring is 1. The molecule has 5 nitrogen and oxygen atoms in total. The largest absolute Gasteiger partial charge is 0.398 e.